The number of hydrogen-bond acceptors (Lipinski definition) is 3. The maximum absolute atomic E-state index is 12.4. The first-order valence-corrected chi connectivity index (χ1v) is 7.65. The molecule has 22 heavy (non-hydrogen) atoms. The van der Waals surface area contributed by atoms with Gasteiger partial charge in [-0.15, -0.1) is 0 Å². The van der Waals surface area contributed by atoms with Crippen molar-refractivity contribution in [2.24, 2.45) is 0 Å². The van der Waals surface area contributed by atoms with E-state index in [4.69, 9.17) is 10.00 Å². The van der Waals surface area contributed by atoms with E-state index in [1.807, 2.05) is 43.0 Å². The molecule has 5 nitrogen and oxygen atoms in total. The number of urea groups is 1. The van der Waals surface area contributed by atoms with Crippen molar-refractivity contribution < 1.29 is 9.53 Å². The van der Waals surface area contributed by atoms with Crippen LogP contribution in [0.1, 0.15) is 32.8 Å². The fraction of sp³-hybridized carbons (Fsp3) is 0.529. The molecule has 0 saturated carbocycles. The average molecular weight is 301 g/mol. The van der Waals surface area contributed by atoms with Crippen molar-refractivity contribution in [1.29, 1.82) is 5.26 Å². The smallest absolute Gasteiger partial charge is 0.322 e. The van der Waals surface area contributed by atoms with Crippen LogP contribution in [0.2, 0.25) is 0 Å². The molecular weight excluding hydrogens is 278 g/mol. The molecular formula is C17H23N3O2. The van der Waals surface area contributed by atoms with Crippen molar-refractivity contribution in [1.82, 2.24) is 4.90 Å². The van der Waals surface area contributed by atoms with Gasteiger partial charge in [-0.2, -0.15) is 5.26 Å². The molecule has 5 heteroatoms. The van der Waals surface area contributed by atoms with E-state index in [0.29, 0.717) is 19.8 Å². The Bertz CT molecular complexity index is 560. The van der Waals surface area contributed by atoms with E-state index in [1.165, 1.54) is 0 Å². The number of carbonyl (C=O) groups is 1. The van der Waals surface area contributed by atoms with E-state index in [1.54, 1.807) is 0 Å². The van der Waals surface area contributed by atoms with Crippen LogP contribution in [-0.4, -0.2) is 36.7 Å². The van der Waals surface area contributed by atoms with Gasteiger partial charge in [0.1, 0.15) is 0 Å². The number of amides is 2. The summed E-state index contributed by atoms with van der Waals surface area (Å²) in [5, 5.41) is 12.1. The first-order valence-electron chi connectivity index (χ1n) is 7.65. The maximum atomic E-state index is 12.4. The zero-order valence-electron chi connectivity index (χ0n) is 13.4. The Morgan fingerprint density at radius 3 is 2.73 bits per heavy atom. The molecule has 0 bridgehead atoms. The molecule has 1 aliphatic heterocycles. The van der Waals surface area contributed by atoms with Crippen molar-refractivity contribution in [2.75, 3.05) is 25.1 Å². The molecule has 1 fully saturated rings. The first-order chi connectivity index (χ1) is 10.5. The average Bonchev–Trinajstić information content (AvgIpc) is 2.55. The lowest BCUT2D eigenvalue weighted by Crippen LogP contribution is -2.50. The third-order valence-corrected chi connectivity index (χ3v) is 4.10. The Kier molecular flexibility index (Phi) is 5.04. The molecule has 1 aliphatic rings. The molecule has 1 N–H and O–H groups in total. The van der Waals surface area contributed by atoms with E-state index in [0.717, 1.165) is 17.7 Å². The van der Waals surface area contributed by atoms with E-state index < -0.39 is 5.41 Å². The van der Waals surface area contributed by atoms with Gasteiger partial charge in [-0.25, -0.2) is 4.79 Å². The molecule has 1 saturated heterocycles. The third-order valence-electron chi connectivity index (χ3n) is 4.10. The lowest BCUT2D eigenvalue weighted by Gasteiger charge is -2.35. The summed E-state index contributed by atoms with van der Waals surface area (Å²) < 4.78 is 5.42. The standard InChI is InChI=1S/C17H23N3O2/c1-4-15-11-22-10-9-20(15)16(21)19-14-7-5-13(6-8-14)17(2,3)12-18/h5-8,15H,4,9-11H2,1-3H3,(H,19,21). The lowest BCUT2D eigenvalue weighted by molar-refractivity contribution is 0.0144. The summed E-state index contributed by atoms with van der Waals surface area (Å²) in [6.07, 6.45) is 0.878. The summed E-state index contributed by atoms with van der Waals surface area (Å²) in [5.41, 5.74) is 1.15. The van der Waals surface area contributed by atoms with Gasteiger partial charge in [0.25, 0.3) is 0 Å². The number of nitrogens with one attached hydrogen (secondary N) is 1. The van der Waals surface area contributed by atoms with Gasteiger partial charge in [-0.1, -0.05) is 19.1 Å². The summed E-state index contributed by atoms with van der Waals surface area (Å²) in [6, 6.07) is 9.76. The molecule has 0 aliphatic carbocycles. The van der Waals surface area contributed by atoms with Gasteiger partial charge in [0.15, 0.2) is 0 Å². The van der Waals surface area contributed by atoms with E-state index in [-0.39, 0.29) is 12.1 Å². The van der Waals surface area contributed by atoms with Gasteiger partial charge in [-0.3, -0.25) is 0 Å². The van der Waals surface area contributed by atoms with Crippen LogP contribution in [0, 0.1) is 11.3 Å². The quantitative estimate of drug-likeness (QED) is 0.932. The lowest BCUT2D eigenvalue weighted by atomic mass is 9.86. The number of hydrogen-bond donors (Lipinski definition) is 1. The summed E-state index contributed by atoms with van der Waals surface area (Å²) in [5.74, 6) is 0. The molecule has 1 unspecified atom stereocenters. The molecule has 0 aromatic heterocycles. The van der Waals surface area contributed by atoms with Crippen LogP contribution in [0.25, 0.3) is 0 Å². The maximum Gasteiger partial charge on any atom is 0.322 e. The van der Waals surface area contributed by atoms with Crippen molar-refractivity contribution in [2.45, 2.75) is 38.6 Å². The molecule has 0 spiro atoms. The second kappa shape index (κ2) is 6.80. The van der Waals surface area contributed by atoms with Gasteiger partial charge in [0, 0.05) is 12.2 Å². The van der Waals surface area contributed by atoms with Crippen LogP contribution < -0.4 is 5.32 Å². The number of carbonyl (C=O) groups excluding carboxylic acids is 1. The monoisotopic (exact) mass is 301 g/mol. The molecule has 1 atom stereocenters. The van der Waals surface area contributed by atoms with Crippen LogP contribution in [0.5, 0.6) is 0 Å². The van der Waals surface area contributed by atoms with Crippen LogP contribution >= 0.6 is 0 Å². The molecule has 1 aromatic rings. The predicted molar refractivity (Wildman–Crippen MR) is 85.7 cm³/mol. The van der Waals surface area contributed by atoms with Gasteiger partial charge >= 0.3 is 6.03 Å². The highest BCUT2D eigenvalue weighted by atomic mass is 16.5. The molecule has 1 heterocycles. The van der Waals surface area contributed by atoms with Crippen LogP contribution in [0.4, 0.5) is 10.5 Å². The molecule has 2 rings (SSSR count). The Balaban J connectivity index is 2.04. The molecule has 2 amide bonds. The Labute approximate surface area is 131 Å². The summed E-state index contributed by atoms with van der Waals surface area (Å²) >= 11 is 0. The number of benzene rings is 1. The summed E-state index contributed by atoms with van der Waals surface area (Å²) in [6.45, 7) is 7.60. The normalized spacial score (nSPS) is 18.6. The van der Waals surface area contributed by atoms with Crippen LogP contribution in [0.3, 0.4) is 0 Å². The number of ether oxygens (including phenoxy) is 1. The second-order valence-electron chi connectivity index (χ2n) is 6.07. The minimum Gasteiger partial charge on any atom is -0.377 e. The Morgan fingerprint density at radius 2 is 2.14 bits per heavy atom. The second-order valence-corrected chi connectivity index (χ2v) is 6.07. The summed E-state index contributed by atoms with van der Waals surface area (Å²) in [4.78, 5) is 14.2. The Morgan fingerprint density at radius 1 is 1.45 bits per heavy atom. The minimum atomic E-state index is -0.528. The molecule has 0 radical (unpaired) electrons. The first kappa shape index (κ1) is 16.3. The van der Waals surface area contributed by atoms with Crippen molar-refractivity contribution in [3.05, 3.63) is 29.8 Å². The highest BCUT2D eigenvalue weighted by Gasteiger charge is 2.26. The van der Waals surface area contributed by atoms with Gasteiger partial charge in [0.05, 0.1) is 30.7 Å². The van der Waals surface area contributed by atoms with E-state index in [9.17, 15) is 4.79 Å². The number of morpholine rings is 1. The number of nitriles is 1. The molecule has 1 aromatic carbocycles. The third kappa shape index (κ3) is 3.58. The van der Waals surface area contributed by atoms with Crippen molar-refractivity contribution in [3.63, 3.8) is 0 Å². The highest BCUT2D eigenvalue weighted by molar-refractivity contribution is 5.89. The highest BCUT2D eigenvalue weighted by Crippen LogP contribution is 2.24. The van der Waals surface area contributed by atoms with E-state index in [2.05, 4.69) is 18.3 Å². The zero-order chi connectivity index (χ0) is 16.2. The van der Waals surface area contributed by atoms with Crippen LogP contribution in [-0.2, 0) is 10.2 Å². The van der Waals surface area contributed by atoms with Crippen molar-refractivity contribution >= 4 is 11.7 Å². The number of nitrogens with zero attached hydrogens (tertiary/aromatic N) is 2. The predicted octanol–water partition coefficient (Wildman–Crippen LogP) is 3.13. The van der Waals surface area contributed by atoms with Crippen LogP contribution in [0.15, 0.2) is 24.3 Å². The summed E-state index contributed by atoms with van der Waals surface area (Å²) in [7, 11) is 0. The van der Waals surface area contributed by atoms with Gasteiger partial charge in [0.2, 0.25) is 0 Å². The minimum absolute atomic E-state index is 0.0950. The van der Waals surface area contributed by atoms with Gasteiger partial charge < -0.3 is 15.0 Å². The SMILES string of the molecule is CCC1COCCN1C(=O)Nc1ccc(C(C)(C)C#N)cc1. The Hall–Kier alpha value is -2.06. The van der Waals surface area contributed by atoms with Gasteiger partial charge in [-0.05, 0) is 38.0 Å². The fourth-order valence-corrected chi connectivity index (χ4v) is 2.49. The van der Waals surface area contributed by atoms with Crippen molar-refractivity contribution in [3.8, 4) is 6.07 Å². The fourth-order valence-electron chi connectivity index (χ4n) is 2.49. The topological polar surface area (TPSA) is 65.4 Å². The zero-order valence-corrected chi connectivity index (χ0v) is 13.4. The number of anilines is 1. The molecule has 118 valence electrons. The number of rotatable bonds is 3. The largest absolute Gasteiger partial charge is 0.377 e. The van der Waals surface area contributed by atoms with E-state index >= 15 is 0 Å².